The highest BCUT2D eigenvalue weighted by atomic mass is 35.5. The SMILES string of the molecule is COc1cc(F)ccc1[C@H](CC(F)F)N1CCNCC1.Cl. The molecule has 1 fully saturated rings. The van der Waals surface area contributed by atoms with Crippen LogP contribution in [0.2, 0.25) is 0 Å². The molecule has 0 aliphatic carbocycles. The molecule has 0 amide bonds. The van der Waals surface area contributed by atoms with E-state index in [1.54, 1.807) is 6.07 Å². The number of rotatable bonds is 5. The summed E-state index contributed by atoms with van der Waals surface area (Å²) in [5, 5.41) is 3.19. The Morgan fingerprint density at radius 2 is 1.95 bits per heavy atom. The van der Waals surface area contributed by atoms with E-state index in [4.69, 9.17) is 4.74 Å². The normalized spacial score (nSPS) is 17.4. The number of halogens is 4. The smallest absolute Gasteiger partial charge is 0.240 e. The molecular weight excluding hydrogens is 305 g/mol. The Morgan fingerprint density at radius 3 is 2.52 bits per heavy atom. The third kappa shape index (κ3) is 4.76. The minimum Gasteiger partial charge on any atom is -0.496 e. The van der Waals surface area contributed by atoms with Crippen LogP contribution < -0.4 is 10.1 Å². The molecule has 120 valence electrons. The third-order valence-corrected chi connectivity index (χ3v) is 3.55. The van der Waals surface area contributed by atoms with Gasteiger partial charge in [-0.15, -0.1) is 12.4 Å². The summed E-state index contributed by atoms with van der Waals surface area (Å²) < 4.78 is 44.2. The number of hydrogen-bond acceptors (Lipinski definition) is 3. The number of benzene rings is 1. The van der Waals surface area contributed by atoms with Gasteiger partial charge in [0.2, 0.25) is 6.43 Å². The Labute approximate surface area is 128 Å². The van der Waals surface area contributed by atoms with Crippen LogP contribution in [0.3, 0.4) is 0 Å². The summed E-state index contributed by atoms with van der Waals surface area (Å²) in [6.07, 6.45) is -2.69. The van der Waals surface area contributed by atoms with Crippen molar-refractivity contribution < 1.29 is 17.9 Å². The zero-order chi connectivity index (χ0) is 14.5. The van der Waals surface area contributed by atoms with Gasteiger partial charge in [-0.05, 0) is 6.07 Å². The van der Waals surface area contributed by atoms with Crippen LogP contribution in [0.25, 0.3) is 0 Å². The van der Waals surface area contributed by atoms with E-state index in [9.17, 15) is 13.2 Å². The lowest BCUT2D eigenvalue weighted by Crippen LogP contribution is -2.45. The van der Waals surface area contributed by atoms with Crippen molar-refractivity contribution in [1.82, 2.24) is 10.2 Å². The molecule has 0 unspecified atom stereocenters. The van der Waals surface area contributed by atoms with E-state index >= 15 is 0 Å². The molecule has 1 atom stereocenters. The van der Waals surface area contributed by atoms with Crippen LogP contribution in [-0.4, -0.2) is 44.6 Å². The van der Waals surface area contributed by atoms with Gasteiger partial charge in [0.15, 0.2) is 0 Å². The van der Waals surface area contributed by atoms with E-state index in [0.717, 1.165) is 13.1 Å². The van der Waals surface area contributed by atoms with Crippen LogP contribution in [0, 0.1) is 5.82 Å². The van der Waals surface area contributed by atoms with Gasteiger partial charge in [-0.2, -0.15) is 0 Å². The maximum absolute atomic E-state index is 13.3. The molecule has 1 heterocycles. The number of ether oxygens (including phenoxy) is 1. The van der Waals surface area contributed by atoms with Crippen LogP contribution in [0.5, 0.6) is 5.75 Å². The highest BCUT2D eigenvalue weighted by molar-refractivity contribution is 5.85. The zero-order valence-corrected chi connectivity index (χ0v) is 12.6. The maximum Gasteiger partial charge on any atom is 0.240 e. The minimum absolute atomic E-state index is 0. The van der Waals surface area contributed by atoms with E-state index in [2.05, 4.69) is 5.32 Å². The van der Waals surface area contributed by atoms with Crippen molar-refractivity contribution in [1.29, 1.82) is 0 Å². The van der Waals surface area contributed by atoms with E-state index in [1.807, 2.05) is 4.90 Å². The van der Waals surface area contributed by atoms with Crippen LogP contribution in [0.4, 0.5) is 13.2 Å². The number of nitrogens with zero attached hydrogens (tertiary/aromatic N) is 1. The molecule has 0 aromatic heterocycles. The molecule has 1 aliphatic rings. The Hall–Kier alpha value is -0.980. The standard InChI is InChI=1S/C14H19F3N2O.ClH/c1-20-13-8-10(15)2-3-11(13)12(9-14(16)17)19-6-4-18-5-7-19;/h2-3,8,12,14,18H,4-7,9H2,1H3;1H/t12-;/m0./s1. The largest absolute Gasteiger partial charge is 0.496 e. The van der Waals surface area contributed by atoms with Crippen molar-refractivity contribution >= 4 is 12.4 Å². The molecular formula is C14H20ClF3N2O. The molecule has 1 aromatic carbocycles. The van der Waals surface area contributed by atoms with E-state index < -0.39 is 18.3 Å². The lowest BCUT2D eigenvalue weighted by atomic mass is 10.00. The van der Waals surface area contributed by atoms with Crippen LogP contribution in [-0.2, 0) is 0 Å². The van der Waals surface area contributed by atoms with Crippen LogP contribution >= 0.6 is 12.4 Å². The second-order valence-corrected chi connectivity index (χ2v) is 4.81. The lowest BCUT2D eigenvalue weighted by Gasteiger charge is -2.35. The summed E-state index contributed by atoms with van der Waals surface area (Å²) in [5.41, 5.74) is 0.621. The predicted molar refractivity (Wildman–Crippen MR) is 78.0 cm³/mol. The maximum atomic E-state index is 13.3. The highest BCUT2D eigenvalue weighted by Gasteiger charge is 2.27. The molecule has 1 saturated heterocycles. The summed E-state index contributed by atoms with van der Waals surface area (Å²) in [6.45, 7) is 2.92. The number of methoxy groups -OCH3 is 1. The fourth-order valence-corrected chi connectivity index (χ4v) is 2.60. The molecule has 2 rings (SSSR count). The summed E-state index contributed by atoms with van der Waals surface area (Å²) in [4.78, 5) is 2.00. The van der Waals surface area contributed by atoms with Gasteiger partial charge in [-0.1, -0.05) is 6.07 Å². The monoisotopic (exact) mass is 324 g/mol. The second kappa shape index (κ2) is 8.46. The zero-order valence-electron chi connectivity index (χ0n) is 11.8. The Morgan fingerprint density at radius 1 is 1.29 bits per heavy atom. The highest BCUT2D eigenvalue weighted by Crippen LogP contribution is 2.34. The van der Waals surface area contributed by atoms with Crippen LogP contribution in [0.1, 0.15) is 18.0 Å². The average Bonchev–Trinajstić information content (AvgIpc) is 2.45. The molecule has 0 spiro atoms. The molecule has 0 saturated carbocycles. The first-order valence-corrected chi connectivity index (χ1v) is 6.68. The molecule has 1 N–H and O–H groups in total. The van der Waals surface area contributed by atoms with Crippen molar-refractivity contribution in [2.45, 2.75) is 18.9 Å². The van der Waals surface area contributed by atoms with Crippen molar-refractivity contribution in [3.63, 3.8) is 0 Å². The third-order valence-electron chi connectivity index (χ3n) is 3.55. The van der Waals surface area contributed by atoms with Crippen LogP contribution in [0.15, 0.2) is 18.2 Å². The van der Waals surface area contributed by atoms with Crippen molar-refractivity contribution in [2.24, 2.45) is 0 Å². The van der Waals surface area contributed by atoms with E-state index in [-0.39, 0.29) is 18.8 Å². The average molecular weight is 325 g/mol. The van der Waals surface area contributed by atoms with Gasteiger partial charge in [0.25, 0.3) is 0 Å². The predicted octanol–water partition coefficient (Wildman–Crippen LogP) is 2.86. The van der Waals surface area contributed by atoms with Gasteiger partial charge in [-0.3, -0.25) is 4.90 Å². The first-order chi connectivity index (χ1) is 9.61. The second-order valence-electron chi connectivity index (χ2n) is 4.81. The summed E-state index contributed by atoms with van der Waals surface area (Å²) >= 11 is 0. The first kappa shape index (κ1) is 18.1. The quantitative estimate of drug-likeness (QED) is 0.901. The molecule has 1 aliphatic heterocycles. The summed E-state index contributed by atoms with van der Waals surface area (Å²) in [7, 11) is 1.43. The molecule has 3 nitrogen and oxygen atoms in total. The Balaban J connectivity index is 0.00000220. The van der Waals surface area contributed by atoms with Gasteiger partial charge in [0, 0.05) is 50.3 Å². The summed E-state index contributed by atoms with van der Waals surface area (Å²) in [5.74, 6) is -0.101. The van der Waals surface area contributed by atoms with E-state index in [1.165, 1.54) is 19.2 Å². The fraction of sp³-hybridized carbons (Fsp3) is 0.571. The fourth-order valence-electron chi connectivity index (χ4n) is 2.60. The van der Waals surface area contributed by atoms with Gasteiger partial charge in [0.1, 0.15) is 11.6 Å². The Bertz CT molecular complexity index is 442. The van der Waals surface area contributed by atoms with Gasteiger partial charge in [0.05, 0.1) is 7.11 Å². The van der Waals surface area contributed by atoms with Crippen molar-refractivity contribution in [2.75, 3.05) is 33.3 Å². The summed E-state index contributed by atoms with van der Waals surface area (Å²) in [6, 6.07) is 3.63. The molecule has 0 radical (unpaired) electrons. The van der Waals surface area contributed by atoms with E-state index in [0.29, 0.717) is 24.4 Å². The van der Waals surface area contributed by atoms with Gasteiger partial charge >= 0.3 is 0 Å². The van der Waals surface area contributed by atoms with Crippen molar-refractivity contribution in [3.05, 3.63) is 29.6 Å². The van der Waals surface area contributed by atoms with Crippen molar-refractivity contribution in [3.8, 4) is 5.75 Å². The number of hydrogen-bond donors (Lipinski definition) is 1. The Kier molecular flexibility index (Phi) is 7.28. The number of alkyl halides is 2. The molecule has 7 heteroatoms. The number of piperazine rings is 1. The van der Waals surface area contributed by atoms with Gasteiger partial charge < -0.3 is 10.1 Å². The number of nitrogens with one attached hydrogen (secondary N) is 1. The van der Waals surface area contributed by atoms with Gasteiger partial charge in [-0.25, -0.2) is 13.2 Å². The molecule has 21 heavy (non-hydrogen) atoms. The topological polar surface area (TPSA) is 24.5 Å². The molecule has 1 aromatic rings. The minimum atomic E-state index is -2.41. The lowest BCUT2D eigenvalue weighted by molar-refractivity contribution is 0.0729. The first-order valence-electron chi connectivity index (χ1n) is 6.68. The molecule has 0 bridgehead atoms.